The van der Waals surface area contributed by atoms with Gasteiger partial charge in [0.1, 0.15) is 5.82 Å². The lowest BCUT2D eigenvalue weighted by molar-refractivity contribution is 0.0954. The number of hydrogen-bond acceptors (Lipinski definition) is 1. The zero-order valence-electron chi connectivity index (χ0n) is 11.1. The van der Waals surface area contributed by atoms with Crippen molar-refractivity contribution in [2.45, 2.75) is 13.3 Å². The van der Waals surface area contributed by atoms with Crippen molar-refractivity contribution in [2.75, 3.05) is 6.54 Å². The van der Waals surface area contributed by atoms with Crippen LogP contribution in [0.4, 0.5) is 4.39 Å². The second-order valence-corrected chi connectivity index (χ2v) is 5.83. The highest BCUT2D eigenvalue weighted by Crippen LogP contribution is 2.10. The molecule has 0 fully saturated rings. The molecule has 1 amide bonds. The van der Waals surface area contributed by atoms with Crippen LogP contribution in [-0.4, -0.2) is 12.5 Å². The highest BCUT2D eigenvalue weighted by atomic mass is 127. The van der Waals surface area contributed by atoms with E-state index in [9.17, 15) is 9.18 Å². The molecule has 2 rings (SSSR count). The third kappa shape index (κ3) is 4.03. The number of aryl methyl sites for hydroxylation is 1. The molecule has 4 heteroatoms. The summed E-state index contributed by atoms with van der Waals surface area (Å²) >= 11 is 2.20. The van der Waals surface area contributed by atoms with Crippen LogP contribution in [0.3, 0.4) is 0 Å². The van der Waals surface area contributed by atoms with Crippen LogP contribution in [0.25, 0.3) is 0 Å². The van der Waals surface area contributed by atoms with Gasteiger partial charge in [-0.1, -0.05) is 6.07 Å². The predicted molar refractivity (Wildman–Crippen MR) is 86.3 cm³/mol. The van der Waals surface area contributed by atoms with Crippen molar-refractivity contribution in [3.63, 3.8) is 0 Å². The number of benzene rings is 2. The van der Waals surface area contributed by atoms with E-state index in [0.29, 0.717) is 18.5 Å². The van der Waals surface area contributed by atoms with Gasteiger partial charge >= 0.3 is 0 Å². The number of hydrogen-bond donors (Lipinski definition) is 1. The molecule has 0 aliphatic heterocycles. The van der Waals surface area contributed by atoms with E-state index < -0.39 is 0 Å². The van der Waals surface area contributed by atoms with Gasteiger partial charge < -0.3 is 5.32 Å². The van der Waals surface area contributed by atoms with Gasteiger partial charge in [-0.2, -0.15) is 0 Å². The molecule has 0 unspecified atom stereocenters. The lowest BCUT2D eigenvalue weighted by Gasteiger charge is -2.08. The van der Waals surface area contributed by atoms with Gasteiger partial charge in [-0.05, 0) is 83.5 Å². The van der Waals surface area contributed by atoms with Crippen molar-refractivity contribution >= 4 is 28.5 Å². The quantitative estimate of drug-likeness (QED) is 0.802. The van der Waals surface area contributed by atoms with E-state index in [0.717, 1.165) is 14.7 Å². The van der Waals surface area contributed by atoms with Crippen LogP contribution in [0.1, 0.15) is 21.5 Å². The highest BCUT2D eigenvalue weighted by molar-refractivity contribution is 14.1. The Morgan fingerprint density at radius 2 is 1.90 bits per heavy atom. The molecule has 20 heavy (non-hydrogen) atoms. The minimum absolute atomic E-state index is 0.0823. The van der Waals surface area contributed by atoms with Gasteiger partial charge in [0.25, 0.3) is 5.91 Å². The number of halogens is 2. The largest absolute Gasteiger partial charge is 0.352 e. The first kappa shape index (κ1) is 15.0. The van der Waals surface area contributed by atoms with Gasteiger partial charge in [-0.15, -0.1) is 0 Å². The topological polar surface area (TPSA) is 29.1 Å². The average Bonchev–Trinajstić information content (AvgIpc) is 2.42. The summed E-state index contributed by atoms with van der Waals surface area (Å²) in [6.07, 6.45) is 0.697. The number of amides is 1. The molecule has 0 spiro atoms. The average molecular weight is 383 g/mol. The van der Waals surface area contributed by atoms with Crippen LogP contribution in [0.5, 0.6) is 0 Å². The summed E-state index contributed by atoms with van der Waals surface area (Å²) in [6, 6.07) is 12.1. The molecule has 1 N–H and O–H groups in total. The summed E-state index contributed by atoms with van der Waals surface area (Å²) in [7, 11) is 0. The smallest absolute Gasteiger partial charge is 0.251 e. The van der Waals surface area contributed by atoms with Crippen molar-refractivity contribution in [1.29, 1.82) is 0 Å². The Hall–Kier alpha value is -1.43. The number of nitrogens with one attached hydrogen (secondary N) is 1. The molecule has 104 valence electrons. The normalized spacial score (nSPS) is 10.3. The second kappa shape index (κ2) is 6.83. The summed E-state index contributed by atoms with van der Waals surface area (Å²) in [5, 5.41) is 2.87. The lowest BCUT2D eigenvalue weighted by Crippen LogP contribution is -2.25. The summed E-state index contributed by atoms with van der Waals surface area (Å²) in [6.45, 7) is 2.41. The van der Waals surface area contributed by atoms with Gasteiger partial charge in [-0.3, -0.25) is 4.79 Å². The maximum absolute atomic E-state index is 13.0. The van der Waals surface area contributed by atoms with Gasteiger partial charge in [-0.25, -0.2) is 4.39 Å². The Bertz CT molecular complexity index is 610. The summed E-state index contributed by atoms with van der Waals surface area (Å²) < 4.78 is 14.1. The van der Waals surface area contributed by atoms with E-state index in [1.165, 1.54) is 12.1 Å². The Labute approximate surface area is 131 Å². The lowest BCUT2D eigenvalue weighted by atomic mass is 10.1. The number of rotatable bonds is 4. The Balaban J connectivity index is 1.89. The van der Waals surface area contributed by atoms with Gasteiger partial charge in [0, 0.05) is 15.7 Å². The fraction of sp³-hybridized carbons (Fsp3) is 0.188. The second-order valence-electron chi connectivity index (χ2n) is 4.58. The molecule has 0 atom stereocenters. The van der Waals surface area contributed by atoms with Crippen LogP contribution in [0, 0.1) is 16.3 Å². The zero-order valence-corrected chi connectivity index (χ0v) is 13.3. The molecule has 0 aliphatic rings. The zero-order chi connectivity index (χ0) is 14.5. The van der Waals surface area contributed by atoms with E-state index in [2.05, 4.69) is 27.9 Å². The molecule has 0 saturated carbocycles. The Morgan fingerprint density at radius 1 is 1.20 bits per heavy atom. The first-order valence-corrected chi connectivity index (χ1v) is 7.43. The van der Waals surface area contributed by atoms with E-state index in [1.54, 1.807) is 18.2 Å². The number of carbonyl (C=O) groups excluding carboxylic acids is 1. The summed E-state index contributed by atoms with van der Waals surface area (Å²) in [4.78, 5) is 11.9. The third-order valence-electron chi connectivity index (χ3n) is 3.09. The molecule has 0 radical (unpaired) electrons. The van der Waals surface area contributed by atoms with Crippen molar-refractivity contribution in [1.82, 2.24) is 5.32 Å². The van der Waals surface area contributed by atoms with E-state index in [-0.39, 0.29) is 11.7 Å². The maximum atomic E-state index is 13.0. The predicted octanol–water partition coefficient (Wildman–Crippen LogP) is 3.71. The first-order chi connectivity index (χ1) is 9.56. The fourth-order valence-corrected chi connectivity index (χ4v) is 2.31. The van der Waals surface area contributed by atoms with Crippen molar-refractivity contribution in [3.05, 3.63) is 68.5 Å². The molecular formula is C16H15FINO. The number of carbonyl (C=O) groups is 1. The van der Waals surface area contributed by atoms with Gasteiger partial charge in [0.15, 0.2) is 0 Å². The van der Waals surface area contributed by atoms with Crippen LogP contribution in [0.2, 0.25) is 0 Å². The molecule has 2 aromatic rings. The molecule has 0 aliphatic carbocycles. The van der Waals surface area contributed by atoms with E-state index in [1.807, 2.05) is 19.1 Å². The van der Waals surface area contributed by atoms with E-state index >= 15 is 0 Å². The molecule has 0 saturated heterocycles. The Morgan fingerprint density at radius 3 is 2.55 bits per heavy atom. The minimum atomic E-state index is -0.228. The van der Waals surface area contributed by atoms with Crippen LogP contribution < -0.4 is 5.32 Å². The summed E-state index contributed by atoms with van der Waals surface area (Å²) in [5.74, 6) is -0.310. The van der Waals surface area contributed by atoms with Crippen LogP contribution in [-0.2, 0) is 6.42 Å². The third-order valence-corrected chi connectivity index (χ3v) is 3.81. The molecule has 2 nitrogen and oxygen atoms in total. The molecule has 2 aromatic carbocycles. The maximum Gasteiger partial charge on any atom is 0.251 e. The molecule has 0 bridgehead atoms. The van der Waals surface area contributed by atoms with Crippen molar-refractivity contribution in [2.24, 2.45) is 0 Å². The van der Waals surface area contributed by atoms with Crippen LogP contribution in [0.15, 0.2) is 42.5 Å². The van der Waals surface area contributed by atoms with E-state index in [4.69, 9.17) is 0 Å². The standard InChI is InChI=1S/C16H15FINO/c1-11-10-14(17)5-2-12(11)8-9-19-16(20)13-3-6-15(18)7-4-13/h2-7,10H,8-9H2,1H3,(H,19,20). The van der Waals surface area contributed by atoms with Gasteiger partial charge in [0.2, 0.25) is 0 Å². The van der Waals surface area contributed by atoms with Crippen molar-refractivity contribution < 1.29 is 9.18 Å². The van der Waals surface area contributed by atoms with Crippen LogP contribution >= 0.6 is 22.6 Å². The molecule has 0 heterocycles. The monoisotopic (exact) mass is 383 g/mol. The molecule has 0 aromatic heterocycles. The Kier molecular flexibility index (Phi) is 5.11. The minimum Gasteiger partial charge on any atom is -0.352 e. The fourth-order valence-electron chi connectivity index (χ4n) is 1.95. The van der Waals surface area contributed by atoms with Crippen molar-refractivity contribution in [3.8, 4) is 0 Å². The summed E-state index contributed by atoms with van der Waals surface area (Å²) in [5.41, 5.74) is 2.61. The van der Waals surface area contributed by atoms with Gasteiger partial charge in [0.05, 0.1) is 0 Å². The SMILES string of the molecule is Cc1cc(F)ccc1CCNC(=O)c1ccc(I)cc1. The highest BCUT2D eigenvalue weighted by Gasteiger charge is 2.05. The first-order valence-electron chi connectivity index (χ1n) is 6.35. The molecular weight excluding hydrogens is 368 g/mol.